The van der Waals surface area contributed by atoms with Crippen LogP contribution in [-0.2, 0) is 9.59 Å². The number of hydrogen-bond donors (Lipinski definition) is 1. The van der Waals surface area contributed by atoms with E-state index in [1.807, 2.05) is 4.90 Å². The van der Waals surface area contributed by atoms with Gasteiger partial charge in [0.25, 0.3) is 11.8 Å². The number of ether oxygens (including phenoxy) is 1. The fraction of sp³-hybridized carbons (Fsp3) is 0.571. The van der Waals surface area contributed by atoms with Crippen LogP contribution in [0.2, 0.25) is 0 Å². The number of piperidine rings is 1. The summed E-state index contributed by atoms with van der Waals surface area (Å²) in [5.74, 6) is -0.943. The highest BCUT2D eigenvalue weighted by molar-refractivity contribution is 5.96. The number of amides is 2. The maximum atomic E-state index is 12.5. The second kappa shape index (κ2) is 9.57. The molecule has 7 heteroatoms. The van der Waals surface area contributed by atoms with Gasteiger partial charge < -0.3 is 19.6 Å². The van der Waals surface area contributed by atoms with Crippen LogP contribution in [0.1, 0.15) is 57.3 Å². The fourth-order valence-corrected chi connectivity index (χ4v) is 3.63. The summed E-state index contributed by atoms with van der Waals surface area (Å²) in [6, 6.07) is 6.64. The SMILES string of the molecule is CC(C)N(CC(=O)O)C(=O)c1ccc(OCC(=O)N2C(C)CCCC2C)cc1. The molecule has 0 bridgehead atoms. The first kappa shape index (κ1) is 21.7. The van der Waals surface area contributed by atoms with E-state index in [0.717, 1.165) is 19.3 Å². The normalized spacial score (nSPS) is 19.4. The topological polar surface area (TPSA) is 87.1 Å². The summed E-state index contributed by atoms with van der Waals surface area (Å²) >= 11 is 0. The number of benzene rings is 1. The van der Waals surface area contributed by atoms with Crippen molar-refractivity contribution in [3.63, 3.8) is 0 Å². The number of carboxylic acid groups (broad SMARTS) is 1. The van der Waals surface area contributed by atoms with Gasteiger partial charge in [-0.1, -0.05) is 0 Å². The molecule has 2 amide bonds. The lowest BCUT2D eigenvalue weighted by molar-refractivity contribution is -0.139. The van der Waals surface area contributed by atoms with Crippen molar-refractivity contribution in [2.75, 3.05) is 13.2 Å². The van der Waals surface area contributed by atoms with Crippen molar-refractivity contribution in [3.05, 3.63) is 29.8 Å². The number of carbonyl (C=O) groups excluding carboxylic acids is 2. The van der Waals surface area contributed by atoms with Gasteiger partial charge >= 0.3 is 5.97 Å². The largest absolute Gasteiger partial charge is 0.484 e. The Hall–Kier alpha value is -2.57. The Labute approximate surface area is 166 Å². The number of hydrogen-bond acceptors (Lipinski definition) is 4. The molecule has 1 aromatic carbocycles. The lowest BCUT2D eigenvalue weighted by atomic mass is 9.97. The van der Waals surface area contributed by atoms with Gasteiger partial charge in [0, 0.05) is 23.7 Å². The highest BCUT2D eigenvalue weighted by Crippen LogP contribution is 2.23. The molecule has 1 heterocycles. The van der Waals surface area contributed by atoms with Crippen LogP contribution >= 0.6 is 0 Å². The molecule has 2 rings (SSSR count). The molecule has 1 aliphatic rings. The maximum absolute atomic E-state index is 12.5. The smallest absolute Gasteiger partial charge is 0.323 e. The number of nitrogens with zero attached hydrogens (tertiary/aromatic N) is 2. The molecule has 1 aliphatic heterocycles. The van der Waals surface area contributed by atoms with Crippen LogP contribution < -0.4 is 4.74 Å². The van der Waals surface area contributed by atoms with E-state index in [4.69, 9.17) is 9.84 Å². The van der Waals surface area contributed by atoms with Gasteiger partial charge in [-0.2, -0.15) is 0 Å². The fourth-order valence-electron chi connectivity index (χ4n) is 3.63. The lowest BCUT2D eigenvalue weighted by Gasteiger charge is -2.38. The standard InChI is InChI=1S/C21H30N2O5/c1-14(2)22(12-20(25)26)21(27)17-8-10-18(11-9-17)28-13-19(24)23-15(3)6-5-7-16(23)4/h8-11,14-16H,5-7,12-13H2,1-4H3,(H,25,26). The molecule has 0 saturated carbocycles. The molecule has 1 saturated heterocycles. The van der Waals surface area contributed by atoms with E-state index >= 15 is 0 Å². The number of carbonyl (C=O) groups is 3. The van der Waals surface area contributed by atoms with Gasteiger partial charge in [-0.3, -0.25) is 14.4 Å². The molecular weight excluding hydrogens is 360 g/mol. The van der Waals surface area contributed by atoms with Gasteiger partial charge in [-0.25, -0.2) is 0 Å². The van der Waals surface area contributed by atoms with Gasteiger partial charge in [0.2, 0.25) is 0 Å². The number of rotatable bonds is 7. The van der Waals surface area contributed by atoms with Crippen molar-refractivity contribution in [1.29, 1.82) is 0 Å². The van der Waals surface area contributed by atoms with Crippen LogP contribution in [0.4, 0.5) is 0 Å². The van der Waals surface area contributed by atoms with Crippen LogP contribution in [0.5, 0.6) is 5.75 Å². The van der Waals surface area contributed by atoms with Crippen molar-refractivity contribution in [1.82, 2.24) is 9.80 Å². The zero-order chi connectivity index (χ0) is 20.8. The predicted octanol–water partition coefficient (Wildman–Crippen LogP) is 2.79. The van der Waals surface area contributed by atoms with E-state index in [1.54, 1.807) is 38.1 Å². The third-order valence-electron chi connectivity index (χ3n) is 5.13. The minimum Gasteiger partial charge on any atom is -0.484 e. The van der Waals surface area contributed by atoms with E-state index in [9.17, 15) is 14.4 Å². The summed E-state index contributed by atoms with van der Waals surface area (Å²) in [6.45, 7) is 7.27. The molecule has 0 spiro atoms. The number of likely N-dealkylation sites (tertiary alicyclic amines) is 1. The summed E-state index contributed by atoms with van der Waals surface area (Å²) in [5.41, 5.74) is 0.381. The number of carboxylic acids is 1. The van der Waals surface area contributed by atoms with Crippen LogP contribution in [0.25, 0.3) is 0 Å². The minimum atomic E-state index is -1.05. The molecule has 0 radical (unpaired) electrons. The quantitative estimate of drug-likeness (QED) is 0.774. The molecular formula is C21H30N2O5. The van der Waals surface area contributed by atoms with Crippen molar-refractivity contribution < 1.29 is 24.2 Å². The van der Waals surface area contributed by atoms with E-state index < -0.39 is 5.97 Å². The van der Waals surface area contributed by atoms with Gasteiger partial charge in [0.05, 0.1) is 0 Å². The Morgan fingerprint density at radius 1 is 1.14 bits per heavy atom. The lowest BCUT2D eigenvalue weighted by Crippen LogP contribution is -2.49. The van der Waals surface area contributed by atoms with E-state index in [1.165, 1.54) is 4.90 Å². The molecule has 1 N–H and O–H groups in total. The van der Waals surface area contributed by atoms with Crippen LogP contribution in [0.15, 0.2) is 24.3 Å². The van der Waals surface area contributed by atoms with Gasteiger partial charge in [-0.15, -0.1) is 0 Å². The highest BCUT2D eigenvalue weighted by Gasteiger charge is 2.29. The predicted molar refractivity (Wildman–Crippen MR) is 105 cm³/mol. The summed E-state index contributed by atoms with van der Waals surface area (Å²) in [6.07, 6.45) is 3.16. The zero-order valence-corrected chi connectivity index (χ0v) is 17.1. The first-order chi connectivity index (χ1) is 13.2. The van der Waals surface area contributed by atoms with Gasteiger partial charge in [0.1, 0.15) is 12.3 Å². The molecule has 1 fully saturated rings. The second-order valence-corrected chi connectivity index (χ2v) is 7.66. The Bertz CT molecular complexity index is 691. The van der Waals surface area contributed by atoms with Crippen LogP contribution in [0, 0.1) is 0 Å². The van der Waals surface area contributed by atoms with E-state index in [2.05, 4.69) is 13.8 Å². The monoisotopic (exact) mass is 390 g/mol. The van der Waals surface area contributed by atoms with Crippen LogP contribution in [-0.4, -0.2) is 64.0 Å². The second-order valence-electron chi connectivity index (χ2n) is 7.66. The van der Waals surface area contributed by atoms with Crippen LogP contribution in [0.3, 0.4) is 0 Å². The Kier molecular flexibility index (Phi) is 7.43. The molecule has 28 heavy (non-hydrogen) atoms. The molecule has 0 aromatic heterocycles. The van der Waals surface area contributed by atoms with E-state index in [0.29, 0.717) is 11.3 Å². The molecule has 2 atom stereocenters. The van der Waals surface area contributed by atoms with Crippen molar-refractivity contribution in [2.24, 2.45) is 0 Å². The Balaban J connectivity index is 1.97. The minimum absolute atomic E-state index is 0.0349. The third-order valence-corrected chi connectivity index (χ3v) is 5.13. The molecule has 0 aliphatic carbocycles. The molecule has 1 aromatic rings. The first-order valence-corrected chi connectivity index (χ1v) is 9.77. The molecule has 7 nitrogen and oxygen atoms in total. The van der Waals surface area contributed by atoms with Crippen molar-refractivity contribution >= 4 is 17.8 Å². The maximum Gasteiger partial charge on any atom is 0.323 e. The number of aliphatic carboxylic acids is 1. The average molecular weight is 390 g/mol. The summed E-state index contributed by atoms with van der Waals surface area (Å²) in [7, 11) is 0. The van der Waals surface area contributed by atoms with Gasteiger partial charge in [0.15, 0.2) is 6.61 Å². The van der Waals surface area contributed by atoms with E-state index in [-0.39, 0.29) is 43.1 Å². The average Bonchev–Trinajstić information content (AvgIpc) is 2.64. The summed E-state index contributed by atoms with van der Waals surface area (Å²) < 4.78 is 5.61. The molecule has 154 valence electrons. The Morgan fingerprint density at radius 2 is 1.71 bits per heavy atom. The summed E-state index contributed by atoms with van der Waals surface area (Å²) in [5, 5.41) is 8.99. The highest BCUT2D eigenvalue weighted by atomic mass is 16.5. The van der Waals surface area contributed by atoms with Crippen molar-refractivity contribution in [3.8, 4) is 5.75 Å². The Morgan fingerprint density at radius 3 is 2.21 bits per heavy atom. The zero-order valence-electron chi connectivity index (χ0n) is 17.1. The van der Waals surface area contributed by atoms with Gasteiger partial charge in [-0.05, 0) is 71.2 Å². The van der Waals surface area contributed by atoms with Crippen molar-refractivity contribution in [2.45, 2.75) is 65.1 Å². The summed E-state index contributed by atoms with van der Waals surface area (Å²) in [4.78, 5) is 39.2. The third kappa shape index (κ3) is 5.47. The first-order valence-electron chi connectivity index (χ1n) is 9.77. The molecule has 2 unspecified atom stereocenters.